The number of nitrogens with zero attached hydrogens (tertiary/aromatic N) is 2. The molecular formula is C15H18FN3O3S. The Morgan fingerprint density at radius 3 is 2.39 bits per heavy atom. The van der Waals surface area contributed by atoms with Crippen molar-refractivity contribution < 1.29 is 17.6 Å². The number of terminal acetylenes is 1. The highest BCUT2D eigenvalue weighted by atomic mass is 32.2. The van der Waals surface area contributed by atoms with E-state index in [1.807, 2.05) is 4.90 Å². The van der Waals surface area contributed by atoms with Crippen LogP contribution in [0.3, 0.4) is 0 Å². The lowest BCUT2D eigenvalue weighted by Gasteiger charge is -2.33. The number of halogens is 1. The van der Waals surface area contributed by atoms with Gasteiger partial charge in [-0.05, 0) is 24.3 Å². The molecule has 0 unspecified atom stereocenters. The van der Waals surface area contributed by atoms with Gasteiger partial charge in [0.1, 0.15) is 5.82 Å². The summed E-state index contributed by atoms with van der Waals surface area (Å²) in [5, 5.41) is 2.57. The van der Waals surface area contributed by atoms with Gasteiger partial charge in [0, 0.05) is 26.2 Å². The highest BCUT2D eigenvalue weighted by Gasteiger charge is 2.28. The molecule has 1 aliphatic heterocycles. The highest BCUT2D eigenvalue weighted by molar-refractivity contribution is 7.89. The first kappa shape index (κ1) is 17.4. The average Bonchev–Trinajstić information content (AvgIpc) is 2.54. The number of nitrogens with one attached hydrogen (secondary N) is 1. The van der Waals surface area contributed by atoms with E-state index < -0.39 is 15.8 Å². The van der Waals surface area contributed by atoms with E-state index in [4.69, 9.17) is 6.42 Å². The van der Waals surface area contributed by atoms with Crippen molar-refractivity contribution in [2.45, 2.75) is 4.90 Å². The first-order valence-corrected chi connectivity index (χ1v) is 8.56. The van der Waals surface area contributed by atoms with Crippen LogP contribution in [0.1, 0.15) is 0 Å². The summed E-state index contributed by atoms with van der Waals surface area (Å²) in [7, 11) is -3.63. The second-order valence-corrected chi connectivity index (χ2v) is 7.05. The lowest BCUT2D eigenvalue weighted by Crippen LogP contribution is -2.51. The molecule has 0 spiro atoms. The molecule has 1 saturated heterocycles. The predicted octanol–water partition coefficient (Wildman–Crippen LogP) is -0.119. The summed E-state index contributed by atoms with van der Waals surface area (Å²) >= 11 is 0. The quantitative estimate of drug-likeness (QED) is 0.760. The first-order chi connectivity index (χ1) is 10.9. The maximum atomic E-state index is 12.9. The number of piperazine rings is 1. The van der Waals surface area contributed by atoms with Crippen LogP contribution in [0.5, 0.6) is 0 Å². The third-order valence-electron chi connectivity index (χ3n) is 3.54. The first-order valence-electron chi connectivity index (χ1n) is 7.11. The topological polar surface area (TPSA) is 69.7 Å². The summed E-state index contributed by atoms with van der Waals surface area (Å²) in [6.07, 6.45) is 5.07. The third-order valence-corrected chi connectivity index (χ3v) is 5.45. The number of sulfonamides is 1. The highest BCUT2D eigenvalue weighted by Crippen LogP contribution is 2.17. The lowest BCUT2D eigenvalue weighted by molar-refractivity contribution is -0.122. The van der Waals surface area contributed by atoms with E-state index in [1.165, 1.54) is 16.4 Å². The van der Waals surface area contributed by atoms with Gasteiger partial charge in [0.05, 0.1) is 18.0 Å². The number of amides is 1. The molecule has 0 saturated carbocycles. The number of hydrogen-bond acceptors (Lipinski definition) is 4. The van der Waals surface area contributed by atoms with Crippen LogP contribution in [0, 0.1) is 18.2 Å². The Labute approximate surface area is 135 Å². The van der Waals surface area contributed by atoms with Gasteiger partial charge in [-0.15, -0.1) is 6.42 Å². The maximum absolute atomic E-state index is 12.9. The number of benzene rings is 1. The molecule has 1 N–H and O–H groups in total. The van der Waals surface area contributed by atoms with E-state index in [0.717, 1.165) is 12.1 Å². The monoisotopic (exact) mass is 339 g/mol. The van der Waals surface area contributed by atoms with Crippen LogP contribution in [-0.4, -0.2) is 62.8 Å². The van der Waals surface area contributed by atoms with Gasteiger partial charge in [0.2, 0.25) is 15.9 Å². The van der Waals surface area contributed by atoms with Crippen LogP contribution in [0.25, 0.3) is 0 Å². The Morgan fingerprint density at radius 1 is 1.22 bits per heavy atom. The van der Waals surface area contributed by atoms with Crippen LogP contribution in [-0.2, 0) is 14.8 Å². The van der Waals surface area contributed by atoms with Crippen molar-refractivity contribution in [3.05, 3.63) is 30.1 Å². The molecular weight excluding hydrogens is 321 g/mol. The van der Waals surface area contributed by atoms with Gasteiger partial charge in [-0.3, -0.25) is 9.69 Å². The van der Waals surface area contributed by atoms with Crippen LogP contribution in [0.4, 0.5) is 4.39 Å². The van der Waals surface area contributed by atoms with Crippen molar-refractivity contribution in [1.29, 1.82) is 0 Å². The molecule has 1 aromatic rings. The van der Waals surface area contributed by atoms with E-state index in [1.54, 1.807) is 0 Å². The standard InChI is InChI=1S/C15H18FN3O3S/c1-2-7-17-15(20)12-18-8-10-19(11-9-18)23(21,22)14-5-3-13(16)4-6-14/h1,3-6H,7-12H2,(H,17,20). The molecule has 0 aromatic heterocycles. The molecule has 23 heavy (non-hydrogen) atoms. The van der Waals surface area contributed by atoms with Crippen molar-refractivity contribution in [2.75, 3.05) is 39.3 Å². The number of hydrogen-bond donors (Lipinski definition) is 1. The zero-order valence-corrected chi connectivity index (χ0v) is 13.4. The van der Waals surface area contributed by atoms with Crippen molar-refractivity contribution >= 4 is 15.9 Å². The SMILES string of the molecule is C#CCNC(=O)CN1CCN(S(=O)(=O)c2ccc(F)cc2)CC1. The Balaban J connectivity index is 1.92. The summed E-state index contributed by atoms with van der Waals surface area (Å²) < 4.78 is 39.2. The molecule has 8 heteroatoms. The minimum Gasteiger partial charge on any atom is -0.344 e. The summed E-state index contributed by atoms with van der Waals surface area (Å²) in [5.74, 6) is 1.66. The third kappa shape index (κ3) is 4.51. The normalized spacial score (nSPS) is 16.7. The minimum atomic E-state index is -3.63. The molecule has 0 atom stereocenters. The van der Waals surface area contributed by atoms with E-state index in [9.17, 15) is 17.6 Å². The van der Waals surface area contributed by atoms with Gasteiger partial charge in [0.15, 0.2) is 0 Å². The van der Waals surface area contributed by atoms with Gasteiger partial charge in [0.25, 0.3) is 0 Å². The average molecular weight is 339 g/mol. The number of carbonyl (C=O) groups is 1. The zero-order chi connectivity index (χ0) is 16.9. The van der Waals surface area contributed by atoms with Crippen molar-refractivity contribution in [1.82, 2.24) is 14.5 Å². The molecule has 1 heterocycles. The largest absolute Gasteiger partial charge is 0.344 e. The summed E-state index contributed by atoms with van der Waals surface area (Å²) in [6, 6.07) is 4.76. The fraction of sp³-hybridized carbons (Fsp3) is 0.400. The van der Waals surface area contributed by atoms with E-state index in [2.05, 4.69) is 11.2 Å². The molecule has 124 valence electrons. The van der Waals surface area contributed by atoms with Crippen LogP contribution in [0.15, 0.2) is 29.2 Å². The Kier molecular flexibility index (Phi) is 5.71. The minimum absolute atomic E-state index is 0.0686. The molecule has 6 nitrogen and oxygen atoms in total. The molecule has 0 radical (unpaired) electrons. The Morgan fingerprint density at radius 2 is 1.83 bits per heavy atom. The van der Waals surface area contributed by atoms with Crippen LogP contribution < -0.4 is 5.32 Å². The summed E-state index contributed by atoms with van der Waals surface area (Å²) in [5.41, 5.74) is 0. The number of carbonyl (C=O) groups excluding carboxylic acids is 1. The number of rotatable bonds is 5. The predicted molar refractivity (Wildman–Crippen MR) is 83.4 cm³/mol. The van der Waals surface area contributed by atoms with Crippen molar-refractivity contribution in [3.8, 4) is 12.3 Å². The van der Waals surface area contributed by atoms with E-state index in [-0.39, 0.29) is 37.0 Å². The molecule has 1 aromatic carbocycles. The van der Waals surface area contributed by atoms with Crippen LogP contribution in [0.2, 0.25) is 0 Å². The van der Waals surface area contributed by atoms with E-state index >= 15 is 0 Å². The van der Waals surface area contributed by atoms with Gasteiger partial charge in [-0.2, -0.15) is 4.31 Å². The van der Waals surface area contributed by atoms with Crippen molar-refractivity contribution in [2.24, 2.45) is 0 Å². The summed E-state index contributed by atoms with van der Waals surface area (Å²) in [6.45, 7) is 1.82. The van der Waals surface area contributed by atoms with Crippen LogP contribution >= 0.6 is 0 Å². The molecule has 1 fully saturated rings. The van der Waals surface area contributed by atoms with Gasteiger partial charge in [-0.25, -0.2) is 12.8 Å². The second kappa shape index (κ2) is 7.55. The van der Waals surface area contributed by atoms with E-state index in [0.29, 0.717) is 13.1 Å². The molecule has 2 rings (SSSR count). The molecule has 1 amide bonds. The molecule has 0 aliphatic carbocycles. The lowest BCUT2D eigenvalue weighted by atomic mass is 10.3. The van der Waals surface area contributed by atoms with Gasteiger partial charge < -0.3 is 5.32 Å². The molecule has 1 aliphatic rings. The molecule has 0 bridgehead atoms. The smallest absolute Gasteiger partial charge is 0.243 e. The maximum Gasteiger partial charge on any atom is 0.243 e. The Hall–Kier alpha value is -1.95. The second-order valence-electron chi connectivity index (χ2n) is 5.12. The zero-order valence-electron chi connectivity index (χ0n) is 12.5. The van der Waals surface area contributed by atoms with Crippen molar-refractivity contribution in [3.63, 3.8) is 0 Å². The summed E-state index contributed by atoms with van der Waals surface area (Å²) in [4.78, 5) is 13.5. The Bertz CT molecular complexity index is 690. The van der Waals surface area contributed by atoms with Gasteiger partial charge >= 0.3 is 0 Å². The fourth-order valence-corrected chi connectivity index (χ4v) is 3.71. The van der Waals surface area contributed by atoms with Gasteiger partial charge in [-0.1, -0.05) is 5.92 Å². The fourth-order valence-electron chi connectivity index (χ4n) is 2.29.